The molecule has 0 atom stereocenters. The van der Waals surface area contributed by atoms with Gasteiger partial charge in [0.2, 0.25) is 5.91 Å². The number of rotatable bonds is 4. The third kappa shape index (κ3) is 2.83. The predicted molar refractivity (Wildman–Crippen MR) is 84.4 cm³/mol. The van der Waals surface area contributed by atoms with E-state index in [2.05, 4.69) is 4.98 Å². The lowest BCUT2D eigenvalue weighted by Crippen LogP contribution is -2.33. The summed E-state index contributed by atoms with van der Waals surface area (Å²) in [7, 11) is 0. The summed E-state index contributed by atoms with van der Waals surface area (Å²) in [4.78, 5) is 18.8. The molecule has 108 valence electrons. The van der Waals surface area contributed by atoms with Gasteiger partial charge >= 0.3 is 0 Å². The normalized spacial score (nSPS) is 11.2. The maximum Gasteiger partial charge on any atom is 0.231 e. The number of fused-ring (bicyclic) bond motifs is 1. The molecule has 0 aliphatic heterocycles. The van der Waals surface area contributed by atoms with Crippen molar-refractivity contribution in [1.82, 2.24) is 4.98 Å². The first-order valence-electron chi connectivity index (χ1n) is 6.84. The molecule has 4 nitrogen and oxygen atoms in total. The van der Waals surface area contributed by atoms with E-state index in [9.17, 15) is 4.79 Å². The van der Waals surface area contributed by atoms with Crippen LogP contribution < -0.4 is 4.90 Å². The van der Waals surface area contributed by atoms with E-state index >= 15 is 0 Å². The van der Waals surface area contributed by atoms with Crippen molar-refractivity contribution in [3.8, 4) is 0 Å². The van der Waals surface area contributed by atoms with Crippen molar-refractivity contribution >= 4 is 32.6 Å². The minimum absolute atomic E-state index is 0.0467. The SMILES string of the molecule is CC(C)C(=O)N(Cc1ccco1)c1nc2ccccc2s1. The van der Waals surface area contributed by atoms with Crippen LogP contribution in [0, 0.1) is 5.92 Å². The smallest absolute Gasteiger partial charge is 0.231 e. The van der Waals surface area contributed by atoms with Gasteiger partial charge in [-0.2, -0.15) is 0 Å². The average Bonchev–Trinajstić information content (AvgIpc) is 3.12. The molecule has 0 aliphatic carbocycles. The second-order valence-corrected chi connectivity index (χ2v) is 6.13. The Balaban J connectivity index is 1.99. The fourth-order valence-electron chi connectivity index (χ4n) is 2.09. The van der Waals surface area contributed by atoms with E-state index in [-0.39, 0.29) is 11.8 Å². The van der Waals surface area contributed by atoms with Gasteiger partial charge in [-0.05, 0) is 24.3 Å². The standard InChI is InChI=1S/C16H16N2O2S/c1-11(2)15(19)18(10-12-6-5-9-20-12)16-17-13-7-3-4-8-14(13)21-16/h3-9,11H,10H2,1-2H3. The van der Waals surface area contributed by atoms with Crippen molar-refractivity contribution in [2.75, 3.05) is 4.90 Å². The lowest BCUT2D eigenvalue weighted by molar-refractivity contribution is -0.121. The molecular formula is C16H16N2O2S. The van der Waals surface area contributed by atoms with Crippen LogP contribution in [0.1, 0.15) is 19.6 Å². The molecule has 3 aromatic rings. The average molecular weight is 300 g/mol. The number of furan rings is 1. The van der Waals surface area contributed by atoms with Crippen molar-refractivity contribution in [3.63, 3.8) is 0 Å². The molecule has 0 aliphatic rings. The Kier molecular flexibility index (Phi) is 3.75. The Morgan fingerprint density at radius 2 is 2.10 bits per heavy atom. The highest BCUT2D eigenvalue weighted by atomic mass is 32.1. The number of anilines is 1. The fourth-order valence-corrected chi connectivity index (χ4v) is 3.06. The summed E-state index contributed by atoms with van der Waals surface area (Å²) < 4.78 is 6.45. The zero-order valence-electron chi connectivity index (χ0n) is 11.9. The van der Waals surface area contributed by atoms with E-state index in [1.807, 2.05) is 50.2 Å². The molecule has 3 rings (SSSR count). The molecule has 0 saturated heterocycles. The van der Waals surface area contributed by atoms with E-state index in [1.54, 1.807) is 11.2 Å². The van der Waals surface area contributed by atoms with Gasteiger partial charge in [0.25, 0.3) is 0 Å². The Morgan fingerprint density at radius 3 is 2.76 bits per heavy atom. The third-order valence-electron chi connectivity index (χ3n) is 3.17. The highest BCUT2D eigenvalue weighted by Crippen LogP contribution is 2.30. The van der Waals surface area contributed by atoms with Gasteiger partial charge < -0.3 is 4.42 Å². The van der Waals surface area contributed by atoms with Gasteiger partial charge in [0.05, 0.1) is 23.0 Å². The number of carbonyl (C=O) groups excluding carboxylic acids is 1. The molecule has 0 bridgehead atoms. The lowest BCUT2D eigenvalue weighted by Gasteiger charge is -2.20. The minimum Gasteiger partial charge on any atom is -0.467 e. The van der Waals surface area contributed by atoms with Gasteiger partial charge in [-0.15, -0.1) is 0 Å². The molecule has 1 amide bonds. The highest BCUT2D eigenvalue weighted by Gasteiger charge is 2.23. The maximum absolute atomic E-state index is 12.5. The number of nitrogens with zero attached hydrogens (tertiary/aromatic N) is 2. The first kappa shape index (κ1) is 13.8. The number of benzene rings is 1. The zero-order valence-corrected chi connectivity index (χ0v) is 12.8. The lowest BCUT2D eigenvalue weighted by atomic mass is 10.2. The summed E-state index contributed by atoms with van der Waals surface area (Å²) >= 11 is 1.53. The van der Waals surface area contributed by atoms with Crippen LogP contribution in [-0.4, -0.2) is 10.9 Å². The molecule has 5 heteroatoms. The zero-order chi connectivity index (χ0) is 14.8. The van der Waals surface area contributed by atoms with Gasteiger partial charge in [0.15, 0.2) is 5.13 Å². The van der Waals surface area contributed by atoms with Crippen LogP contribution in [0.4, 0.5) is 5.13 Å². The number of amides is 1. The van der Waals surface area contributed by atoms with Crippen molar-refractivity contribution in [3.05, 3.63) is 48.4 Å². The second kappa shape index (κ2) is 5.69. The monoisotopic (exact) mass is 300 g/mol. The Bertz CT molecular complexity index is 714. The number of aromatic nitrogens is 1. The predicted octanol–water partition coefficient (Wildman–Crippen LogP) is 4.08. The van der Waals surface area contributed by atoms with E-state index in [0.29, 0.717) is 11.7 Å². The quantitative estimate of drug-likeness (QED) is 0.729. The molecule has 0 spiro atoms. The van der Waals surface area contributed by atoms with Gasteiger partial charge in [-0.3, -0.25) is 9.69 Å². The molecule has 0 fully saturated rings. The van der Waals surface area contributed by atoms with Crippen LogP contribution in [0.5, 0.6) is 0 Å². The van der Waals surface area contributed by atoms with E-state index < -0.39 is 0 Å². The first-order valence-corrected chi connectivity index (χ1v) is 7.66. The summed E-state index contributed by atoms with van der Waals surface area (Å²) in [5.41, 5.74) is 0.915. The van der Waals surface area contributed by atoms with Crippen LogP contribution in [0.15, 0.2) is 47.1 Å². The molecule has 2 heterocycles. The van der Waals surface area contributed by atoms with Crippen LogP contribution in [0.3, 0.4) is 0 Å². The second-order valence-electron chi connectivity index (χ2n) is 5.12. The highest BCUT2D eigenvalue weighted by molar-refractivity contribution is 7.22. The topological polar surface area (TPSA) is 46.3 Å². The van der Waals surface area contributed by atoms with Crippen LogP contribution in [0.2, 0.25) is 0 Å². The third-order valence-corrected chi connectivity index (χ3v) is 4.23. The number of carbonyl (C=O) groups is 1. The van der Waals surface area contributed by atoms with E-state index in [4.69, 9.17) is 4.42 Å². The van der Waals surface area contributed by atoms with Gasteiger partial charge in [0.1, 0.15) is 5.76 Å². The van der Waals surface area contributed by atoms with E-state index in [1.165, 1.54) is 11.3 Å². The van der Waals surface area contributed by atoms with Gasteiger partial charge in [0, 0.05) is 5.92 Å². The molecule has 21 heavy (non-hydrogen) atoms. The Hall–Kier alpha value is -2.14. The number of hydrogen-bond donors (Lipinski definition) is 0. The molecule has 1 aromatic carbocycles. The summed E-state index contributed by atoms with van der Waals surface area (Å²) in [5, 5.41) is 0.714. The fraction of sp³-hybridized carbons (Fsp3) is 0.250. The summed E-state index contributed by atoms with van der Waals surface area (Å²) in [6.45, 7) is 4.19. The largest absolute Gasteiger partial charge is 0.467 e. The Morgan fingerprint density at radius 1 is 1.29 bits per heavy atom. The van der Waals surface area contributed by atoms with Crippen LogP contribution >= 0.6 is 11.3 Å². The van der Waals surface area contributed by atoms with Gasteiger partial charge in [-0.1, -0.05) is 37.3 Å². The van der Waals surface area contributed by atoms with Crippen molar-refractivity contribution in [1.29, 1.82) is 0 Å². The first-order chi connectivity index (χ1) is 10.1. The molecular weight excluding hydrogens is 284 g/mol. The van der Waals surface area contributed by atoms with Gasteiger partial charge in [-0.25, -0.2) is 4.98 Å². The molecule has 2 aromatic heterocycles. The Labute approximate surface area is 127 Å². The summed E-state index contributed by atoms with van der Waals surface area (Å²) in [5.74, 6) is 0.709. The van der Waals surface area contributed by atoms with Crippen LogP contribution in [0.25, 0.3) is 10.2 Å². The van der Waals surface area contributed by atoms with Crippen molar-refractivity contribution < 1.29 is 9.21 Å². The molecule has 0 unspecified atom stereocenters. The maximum atomic E-state index is 12.5. The number of para-hydroxylation sites is 1. The van der Waals surface area contributed by atoms with Crippen molar-refractivity contribution in [2.24, 2.45) is 5.92 Å². The van der Waals surface area contributed by atoms with Crippen LogP contribution in [-0.2, 0) is 11.3 Å². The molecule has 0 saturated carbocycles. The van der Waals surface area contributed by atoms with E-state index in [0.717, 1.165) is 16.0 Å². The van der Waals surface area contributed by atoms with Crippen molar-refractivity contribution in [2.45, 2.75) is 20.4 Å². The molecule has 0 radical (unpaired) electrons. The number of hydrogen-bond acceptors (Lipinski definition) is 4. The summed E-state index contributed by atoms with van der Waals surface area (Å²) in [6, 6.07) is 11.6. The minimum atomic E-state index is -0.0908. The molecule has 0 N–H and O–H groups in total. The summed E-state index contributed by atoms with van der Waals surface area (Å²) in [6.07, 6.45) is 1.62. The number of thiazole rings is 1.